The van der Waals surface area contributed by atoms with Crippen molar-refractivity contribution in [2.24, 2.45) is 5.73 Å². The summed E-state index contributed by atoms with van der Waals surface area (Å²) in [7, 11) is -3.41. The number of benzene rings is 1. The molecule has 0 saturated carbocycles. The summed E-state index contributed by atoms with van der Waals surface area (Å²) in [5.74, 6) is -0.151. The molecule has 4 N–H and O–H groups in total. The SMILES string of the molecule is CCCCS(=O)(=O)NC(C(=N)N)c1ccccc1. The molecular weight excluding hydrogens is 250 g/mol. The molecule has 0 aromatic heterocycles. The molecule has 1 unspecified atom stereocenters. The second-order valence-electron chi connectivity index (χ2n) is 4.09. The Morgan fingerprint density at radius 2 is 2.00 bits per heavy atom. The molecule has 0 heterocycles. The van der Waals surface area contributed by atoms with Gasteiger partial charge in [0.1, 0.15) is 11.9 Å². The summed E-state index contributed by atoms with van der Waals surface area (Å²) in [6.07, 6.45) is 1.39. The van der Waals surface area contributed by atoms with Gasteiger partial charge in [0, 0.05) is 0 Å². The highest BCUT2D eigenvalue weighted by Gasteiger charge is 2.21. The third-order valence-electron chi connectivity index (χ3n) is 2.51. The Balaban J connectivity index is 2.86. The molecule has 0 spiro atoms. The van der Waals surface area contributed by atoms with Crippen LogP contribution in [0.2, 0.25) is 0 Å². The summed E-state index contributed by atoms with van der Waals surface area (Å²) in [5, 5.41) is 7.50. The topological polar surface area (TPSA) is 96.0 Å². The van der Waals surface area contributed by atoms with Crippen molar-refractivity contribution in [2.45, 2.75) is 25.8 Å². The standard InChI is InChI=1S/C12H19N3O2S/c1-2-3-9-18(16,17)15-11(12(13)14)10-7-5-4-6-8-10/h4-8,11,15H,2-3,9H2,1H3,(H3,13,14). The smallest absolute Gasteiger partial charge is 0.212 e. The van der Waals surface area contributed by atoms with Crippen LogP contribution in [-0.4, -0.2) is 20.0 Å². The van der Waals surface area contributed by atoms with Crippen LogP contribution in [-0.2, 0) is 10.0 Å². The van der Waals surface area contributed by atoms with E-state index in [4.69, 9.17) is 11.1 Å². The van der Waals surface area contributed by atoms with Crippen molar-refractivity contribution in [3.05, 3.63) is 35.9 Å². The molecule has 0 aliphatic rings. The van der Waals surface area contributed by atoms with E-state index in [0.29, 0.717) is 12.0 Å². The van der Waals surface area contributed by atoms with E-state index in [-0.39, 0.29) is 11.6 Å². The lowest BCUT2D eigenvalue weighted by molar-refractivity contribution is 0.573. The fraction of sp³-hybridized carbons (Fsp3) is 0.417. The molecule has 5 nitrogen and oxygen atoms in total. The van der Waals surface area contributed by atoms with Gasteiger partial charge in [0.2, 0.25) is 10.0 Å². The maximum atomic E-state index is 11.8. The van der Waals surface area contributed by atoms with E-state index in [9.17, 15) is 8.42 Å². The number of hydrogen-bond donors (Lipinski definition) is 3. The molecule has 1 aromatic rings. The highest BCUT2D eigenvalue weighted by Crippen LogP contribution is 2.13. The molecule has 100 valence electrons. The lowest BCUT2D eigenvalue weighted by Crippen LogP contribution is -2.38. The first kappa shape index (κ1) is 14.7. The van der Waals surface area contributed by atoms with Crippen LogP contribution >= 0.6 is 0 Å². The van der Waals surface area contributed by atoms with Gasteiger partial charge in [-0.15, -0.1) is 0 Å². The maximum absolute atomic E-state index is 11.8. The second kappa shape index (κ2) is 6.51. The number of nitrogens with two attached hydrogens (primary N) is 1. The van der Waals surface area contributed by atoms with Crippen LogP contribution < -0.4 is 10.5 Å². The molecule has 0 fully saturated rings. The van der Waals surface area contributed by atoms with E-state index in [0.717, 1.165) is 6.42 Å². The fourth-order valence-corrected chi connectivity index (χ4v) is 2.94. The average Bonchev–Trinajstić information content (AvgIpc) is 2.34. The minimum Gasteiger partial charge on any atom is -0.386 e. The quantitative estimate of drug-likeness (QED) is 0.515. The lowest BCUT2D eigenvalue weighted by Gasteiger charge is -2.17. The molecule has 1 aromatic carbocycles. The molecule has 6 heteroatoms. The zero-order valence-electron chi connectivity index (χ0n) is 10.4. The van der Waals surface area contributed by atoms with Gasteiger partial charge in [-0.3, -0.25) is 5.41 Å². The second-order valence-corrected chi connectivity index (χ2v) is 5.96. The predicted molar refractivity (Wildman–Crippen MR) is 72.9 cm³/mol. The minimum absolute atomic E-state index is 0.0557. The Morgan fingerprint density at radius 3 is 2.50 bits per heavy atom. The van der Waals surface area contributed by atoms with Gasteiger partial charge in [-0.2, -0.15) is 0 Å². The van der Waals surface area contributed by atoms with Crippen LogP contribution in [0.25, 0.3) is 0 Å². The number of hydrogen-bond acceptors (Lipinski definition) is 3. The summed E-state index contributed by atoms with van der Waals surface area (Å²) in [6.45, 7) is 1.93. The molecule has 0 radical (unpaired) electrons. The van der Waals surface area contributed by atoms with E-state index in [1.807, 2.05) is 13.0 Å². The normalized spacial score (nSPS) is 13.2. The zero-order chi connectivity index (χ0) is 13.6. The van der Waals surface area contributed by atoms with Crippen LogP contribution in [0.4, 0.5) is 0 Å². The van der Waals surface area contributed by atoms with Crippen molar-refractivity contribution in [3.63, 3.8) is 0 Å². The molecule has 1 atom stereocenters. The van der Waals surface area contributed by atoms with E-state index in [1.165, 1.54) is 0 Å². The minimum atomic E-state index is -3.41. The molecular formula is C12H19N3O2S. The first-order valence-corrected chi connectivity index (χ1v) is 7.50. The van der Waals surface area contributed by atoms with Gasteiger partial charge < -0.3 is 5.73 Å². The van der Waals surface area contributed by atoms with Gasteiger partial charge in [0.05, 0.1) is 5.75 Å². The Bertz CT molecular complexity index is 485. The van der Waals surface area contributed by atoms with Gasteiger partial charge in [0.25, 0.3) is 0 Å². The van der Waals surface area contributed by atoms with Crippen LogP contribution in [0.1, 0.15) is 31.4 Å². The number of amidine groups is 1. The molecule has 0 saturated heterocycles. The van der Waals surface area contributed by atoms with Crippen molar-refractivity contribution in [1.82, 2.24) is 4.72 Å². The van der Waals surface area contributed by atoms with Gasteiger partial charge in [-0.05, 0) is 12.0 Å². The Labute approximate surface area is 108 Å². The van der Waals surface area contributed by atoms with Crippen molar-refractivity contribution in [1.29, 1.82) is 5.41 Å². The van der Waals surface area contributed by atoms with E-state index >= 15 is 0 Å². The molecule has 0 amide bonds. The maximum Gasteiger partial charge on any atom is 0.212 e. The molecule has 0 aliphatic heterocycles. The van der Waals surface area contributed by atoms with E-state index in [2.05, 4.69) is 4.72 Å². The average molecular weight is 269 g/mol. The Morgan fingerprint density at radius 1 is 1.39 bits per heavy atom. The van der Waals surface area contributed by atoms with Crippen molar-refractivity contribution in [2.75, 3.05) is 5.75 Å². The first-order valence-electron chi connectivity index (χ1n) is 5.85. The molecule has 0 bridgehead atoms. The van der Waals surface area contributed by atoms with Gasteiger partial charge >= 0.3 is 0 Å². The third-order valence-corrected chi connectivity index (χ3v) is 3.93. The third kappa shape index (κ3) is 4.46. The molecule has 1 rings (SSSR count). The van der Waals surface area contributed by atoms with E-state index in [1.54, 1.807) is 24.3 Å². The van der Waals surface area contributed by atoms with E-state index < -0.39 is 16.1 Å². The zero-order valence-corrected chi connectivity index (χ0v) is 11.2. The highest BCUT2D eigenvalue weighted by molar-refractivity contribution is 7.89. The van der Waals surface area contributed by atoms with Crippen LogP contribution in [0.3, 0.4) is 0 Å². The summed E-state index contributed by atoms with van der Waals surface area (Å²) in [4.78, 5) is 0. The van der Waals surface area contributed by atoms with Crippen molar-refractivity contribution < 1.29 is 8.42 Å². The summed E-state index contributed by atoms with van der Waals surface area (Å²) in [5.41, 5.74) is 6.13. The van der Waals surface area contributed by atoms with Crippen LogP contribution in [0.5, 0.6) is 0 Å². The van der Waals surface area contributed by atoms with Crippen molar-refractivity contribution in [3.8, 4) is 0 Å². The first-order chi connectivity index (χ1) is 8.46. The highest BCUT2D eigenvalue weighted by atomic mass is 32.2. The molecule has 18 heavy (non-hydrogen) atoms. The van der Waals surface area contributed by atoms with Gasteiger partial charge in [-0.25, -0.2) is 13.1 Å². The van der Waals surface area contributed by atoms with Gasteiger partial charge in [0.15, 0.2) is 0 Å². The monoisotopic (exact) mass is 269 g/mol. The molecule has 0 aliphatic carbocycles. The summed E-state index contributed by atoms with van der Waals surface area (Å²) in [6, 6.07) is 8.10. The van der Waals surface area contributed by atoms with Crippen molar-refractivity contribution >= 4 is 15.9 Å². The fourth-order valence-electron chi connectivity index (χ4n) is 1.53. The largest absolute Gasteiger partial charge is 0.386 e. The number of rotatable bonds is 7. The predicted octanol–water partition coefficient (Wildman–Crippen LogP) is 1.38. The number of nitrogens with one attached hydrogen (secondary N) is 2. The Kier molecular flexibility index (Phi) is 5.30. The Hall–Kier alpha value is -1.40. The van der Waals surface area contributed by atoms with Gasteiger partial charge in [-0.1, -0.05) is 43.7 Å². The summed E-state index contributed by atoms with van der Waals surface area (Å²) >= 11 is 0. The van der Waals surface area contributed by atoms with Crippen LogP contribution in [0, 0.1) is 5.41 Å². The summed E-state index contributed by atoms with van der Waals surface area (Å²) < 4.78 is 26.1. The number of unbranched alkanes of at least 4 members (excludes halogenated alkanes) is 1. The van der Waals surface area contributed by atoms with Crippen LogP contribution in [0.15, 0.2) is 30.3 Å². The lowest BCUT2D eigenvalue weighted by atomic mass is 10.1. The number of sulfonamides is 1.